The zero-order valence-corrected chi connectivity index (χ0v) is 42.4. The molecule has 366 valence electrons. The van der Waals surface area contributed by atoms with Crippen molar-refractivity contribution in [3.8, 4) is 0 Å². The minimum atomic E-state index is -0.406. The summed E-state index contributed by atoms with van der Waals surface area (Å²) in [4.78, 5) is 35.5. The summed E-state index contributed by atoms with van der Waals surface area (Å²) in [6, 6.07) is 20.0. The van der Waals surface area contributed by atoms with E-state index in [0.29, 0.717) is 25.5 Å². The Labute approximate surface area is 392 Å². The van der Waals surface area contributed by atoms with Gasteiger partial charge in [-0.1, -0.05) is 160 Å². The summed E-state index contributed by atoms with van der Waals surface area (Å²) in [5, 5.41) is 16.1. The Bertz CT molecular complexity index is 1410. The molecule has 0 saturated carbocycles. The standard InChI is InChI=1S/C19H28N4O2.C17H37N.C11H15N.C5H12O.CH3NO/c1-4-15(2)18(25)17(21-12-13-24)10-11-22-19(20-3)23-14-16-8-6-5-7-9-16;1-4-7-10-11-14-17(13-9-6-3)16-18-15-12-8-5-2;1-2-3-9-12-10-11-7-5-4-6-8-11;1-5(2,3)6-4;2-1-3/h5-9,12,15,17,21H,4,10-11,14H2,1-3H3,(H2,20,22,23);17-18H,4-16H2,1-3H3;3-9,12H,2,10H2,1H3;1-4H3;1H,(H2,2,3)/b;;9-3-;;. The number of nitrogens with two attached hydrogens (primary N) is 1. The van der Waals surface area contributed by atoms with Crippen molar-refractivity contribution < 1.29 is 19.1 Å². The molecule has 2 aromatic carbocycles. The number of hydrogen-bond acceptors (Lipinski definition) is 8. The van der Waals surface area contributed by atoms with Crippen LogP contribution in [0.25, 0.3) is 0 Å². The third kappa shape index (κ3) is 44.2. The summed E-state index contributed by atoms with van der Waals surface area (Å²) < 4.78 is 4.94. The van der Waals surface area contributed by atoms with Crippen LogP contribution in [-0.4, -0.2) is 69.5 Å². The van der Waals surface area contributed by atoms with Crippen molar-refractivity contribution in [1.29, 1.82) is 0 Å². The van der Waals surface area contributed by atoms with Crippen LogP contribution in [0.3, 0.4) is 0 Å². The zero-order chi connectivity index (χ0) is 48.5. The third-order valence-electron chi connectivity index (χ3n) is 10.1. The summed E-state index contributed by atoms with van der Waals surface area (Å²) in [7, 11) is 3.41. The van der Waals surface area contributed by atoms with Crippen molar-refractivity contribution >= 4 is 24.1 Å². The minimum Gasteiger partial charge on any atom is -0.387 e. The second-order valence-corrected chi connectivity index (χ2v) is 16.7. The van der Waals surface area contributed by atoms with Crippen LogP contribution in [0.1, 0.15) is 163 Å². The molecular weight excluding hydrogens is 799 g/mol. The Morgan fingerprint density at radius 2 is 1.34 bits per heavy atom. The second-order valence-electron chi connectivity index (χ2n) is 16.7. The number of primary amides is 1. The first kappa shape index (κ1) is 63.8. The molecule has 1 amide bonds. The van der Waals surface area contributed by atoms with Gasteiger partial charge in [-0.3, -0.25) is 14.6 Å². The quantitative estimate of drug-likeness (QED) is 0.0161. The van der Waals surface area contributed by atoms with E-state index in [1.54, 1.807) is 20.1 Å². The van der Waals surface area contributed by atoms with Crippen LogP contribution in [0.4, 0.5) is 0 Å². The lowest BCUT2D eigenvalue weighted by atomic mass is 9.95. The lowest BCUT2D eigenvalue weighted by molar-refractivity contribution is -0.124. The second kappa shape index (κ2) is 48.0. The average Bonchev–Trinajstić information content (AvgIpc) is 3.31. The molecule has 0 aliphatic heterocycles. The van der Waals surface area contributed by atoms with Gasteiger partial charge < -0.3 is 37.1 Å². The topological polar surface area (TPSA) is 159 Å². The average molecular weight is 894 g/mol. The molecule has 7 N–H and O–H groups in total. The van der Waals surface area contributed by atoms with Crippen LogP contribution in [0.15, 0.2) is 84.1 Å². The van der Waals surface area contributed by atoms with Gasteiger partial charge in [0.2, 0.25) is 6.41 Å². The predicted molar refractivity (Wildman–Crippen MR) is 275 cm³/mol. The molecule has 0 saturated heterocycles. The number of allylic oxidation sites excluding steroid dienone is 1. The van der Waals surface area contributed by atoms with Crippen molar-refractivity contribution in [2.75, 3.05) is 33.8 Å². The van der Waals surface area contributed by atoms with Crippen molar-refractivity contribution in [2.45, 2.75) is 177 Å². The molecule has 0 bridgehead atoms. The van der Waals surface area contributed by atoms with Gasteiger partial charge in [-0.15, -0.1) is 0 Å². The fourth-order valence-electron chi connectivity index (χ4n) is 5.81. The molecule has 0 aliphatic rings. The highest BCUT2D eigenvalue weighted by Gasteiger charge is 2.21. The number of ketones is 1. The first-order valence-corrected chi connectivity index (χ1v) is 24.2. The molecule has 2 rings (SSSR count). The fourth-order valence-corrected chi connectivity index (χ4v) is 5.81. The molecule has 11 heteroatoms. The van der Waals surface area contributed by atoms with Crippen LogP contribution >= 0.6 is 0 Å². The summed E-state index contributed by atoms with van der Waals surface area (Å²) in [6.45, 7) is 23.6. The lowest BCUT2D eigenvalue weighted by Gasteiger charge is -2.20. The highest BCUT2D eigenvalue weighted by Crippen LogP contribution is 2.17. The van der Waals surface area contributed by atoms with E-state index in [4.69, 9.17) is 9.53 Å². The van der Waals surface area contributed by atoms with E-state index in [1.807, 2.05) is 77.2 Å². The van der Waals surface area contributed by atoms with Crippen LogP contribution in [-0.2, 0) is 32.2 Å². The maximum Gasteiger partial charge on any atom is 0.204 e. The number of guanidine groups is 1. The molecule has 0 radical (unpaired) electrons. The zero-order valence-electron chi connectivity index (χ0n) is 42.4. The maximum absolute atomic E-state index is 12.4. The Morgan fingerprint density at radius 3 is 1.84 bits per heavy atom. The number of benzene rings is 2. The van der Waals surface area contributed by atoms with Gasteiger partial charge in [-0.2, -0.15) is 0 Å². The molecule has 0 aliphatic carbocycles. The molecule has 0 heterocycles. The molecule has 3 unspecified atom stereocenters. The summed E-state index contributed by atoms with van der Waals surface area (Å²) in [5.74, 6) is 3.32. The Morgan fingerprint density at radius 1 is 0.797 bits per heavy atom. The van der Waals surface area contributed by atoms with E-state index in [2.05, 4.69) is 95.3 Å². The van der Waals surface area contributed by atoms with Gasteiger partial charge >= 0.3 is 0 Å². The highest BCUT2D eigenvalue weighted by molar-refractivity contribution is 5.86. The van der Waals surface area contributed by atoms with Crippen LogP contribution in [0, 0.1) is 11.8 Å². The molecular formula is C53H95N7O4. The minimum absolute atomic E-state index is 0.0417. The molecule has 64 heavy (non-hydrogen) atoms. The van der Waals surface area contributed by atoms with E-state index in [-0.39, 0.29) is 23.7 Å². The number of ether oxygens (including phenoxy) is 1. The van der Waals surface area contributed by atoms with E-state index >= 15 is 0 Å². The number of Topliss-reactive ketones (excluding diaryl/α,β-unsaturated/α-hetero) is 1. The van der Waals surface area contributed by atoms with Crippen LogP contribution < -0.4 is 32.3 Å². The number of amides is 1. The van der Waals surface area contributed by atoms with Gasteiger partial charge in [0.25, 0.3) is 0 Å². The summed E-state index contributed by atoms with van der Waals surface area (Å²) in [5.41, 5.74) is 6.69. The van der Waals surface area contributed by atoms with Crippen molar-refractivity contribution in [2.24, 2.45) is 22.6 Å². The van der Waals surface area contributed by atoms with E-state index < -0.39 is 6.04 Å². The Kier molecular flexibility index (Phi) is 47.9. The molecule has 0 aromatic heterocycles. The molecule has 0 fully saturated rings. The molecule has 2 aromatic rings. The largest absolute Gasteiger partial charge is 0.387 e. The maximum atomic E-state index is 12.4. The normalized spacial score (nSPS) is 12.1. The van der Waals surface area contributed by atoms with Gasteiger partial charge in [0.15, 0.2) is 11.7 Å². The van der Waals surface area contributed by atoms with Crippen LogP contribution in [0.2, 0.25) is 0 Å². The number of rotatable bonds is 28. The van der Waals surface area contributed by atoms with Gasteiger partial charge in [0.05, 0.1) is 17.8 Å². The van der Waals surface area contributed by atoms with Crippen molar-refractivity contribution in [3.05, 3.63) is 90.3 Å². The predicted octanol–water partition coefficient (Wildman–Crippen LogP) is 10.4. The van der Waals surface area contributed by atoms with Gasteiger partial charge in [0.1, 0.15) is 5.94 Å². The summed E-state index contributed by atoms with van der Waals surface area (Å²) in [6.07, 6.45) is 23.3. The van der Waals surface area contributed by atoms with E-state index in [1.165, 1.54) is 89.3 Å². The monoisotopic (exact) mass is 894 g/mol. The van der Waals surface area contributed by atoms with E-state index in [0.717, 1.165) is 37.1 Å². The number of nitrogens with zero attached hydrogens (tertiary/aromatic N) is 1. The molecule has 3 atom stereocenters. The number of nitrogens with one attached hydrogen (secondary N) is 5. The Hall–Kier alpha value is -4.44. The number of methoxy groups -OCH3 is 1. The van der Waals surface area contributed by atoms with Gasteiger partial charge in [0, 0.05) is 39.7 Å². The van der Waals surface area contributed by atoms with Crippen LogP contribution in [0.5, 0.6) is 0 Å². The lowest BCUT2D eigenvalue weighted by Crippen LogP contribution is -2.42. The molecule has 11 nitrogen and oxygen atoms in total. The number of hydrogen-bond donors (Lipinski definition) is 6. The summed E-state index contributed by atoms with van der Waals surface area (Å²) >= 11 is 0. The smallest absolute Gasteiger partial charge is 0.204 e. The van der Waals surface area contributed by atoms with Crippen molar-refractivity contribution in [1.82, 2.24) is 26.6 Å². The number of carbonyl (C=O) groups excluding carboxylic acids is 3. The van der Waals surface area contributed by atoms with Crippen molar-refractivity contribution in [3.63, 3.8) is 0 Å². The SMILES string of the molecule is CC/C=C\NCc1ccccc1.CCC(C)C(=O)C(CCNC(=NC)NCc1ccccc1)NC=C=O.CCCCCCC(CCCC)CNCCCCC.COC(C)(C)C.NC=O. The first-order chi connectivity index (χ1) is 30.9. The number of aliphatic imine (C=N–C) groups is 1. The number of unbranched alkanes of at least 4 members (excludes halogenated alkanes) is 6. The fraction of sp³-hybridized carbons (Fsp3) is 0.642. The first-order valence-electron chi connectivity index (χ1n) is 24.2. The third-order valence-corrected chi connectivity index (χ3v) is 10.1. The van der Waals surface area contributed by atoms with Gasteiger partial charge in [-0.25, -0.2) is 4.79 Å². The highest BCUT2D eigenvalue weighted by atomic mass is 16.5. The number of carbonyl (C=O) groups is 2. The van der Waals surface area contributed by atoms with Gasteiger partial charge in [-0.05, 0) is 95.6 Å². The molecule has 0 spiro atoms. The Balaban J connectivity index is -0.000000830. The van der Waals surface area contributed by atoms with E-state index in [9.17, 15) is 9.59 Å².